The van der Waals surface area contributed by atoms with Crippen molar-refractivity contribution >= 4 is 35.6 Å². The number of aliphatic carboxylic acids is 2. The minimum absolute atomic E-state index is 0.0383. The van der Waals surface area contributed by atoms with Gasteiger partial charge >= 0.3 is 11.9 Å². The van der Waals surface area contributed by atoms with E-state index in [1.54, 1.807) is 30.3 Å². The molecule has 13 nitrogen and oxygen atoms in total. The van der Waals surface area contributed by atoms with Gasteiger partial charge in [-0.2, -0.15) is 0 Å². The van der Waals surface area contributed by atoms with E-state index in [1.807, 2.05) is 0 Å². The average Bonchev–Trinajstić information content (AvgIpc) is 2.75. The van der Waals surface area contributed by atoms with Crippen molar-refractivity contribution in [2.24, 2.45) is 11.5 Å². The minimum Gasteiger partial charge on any atom is -0.481 e. The largest absolute Gasteiger partial charge is 0.481 e. The van der Waals surface area contributed by atoms with E-state index in [0.717, 1.165) is 0 Å². The Morgan fingerprint density at radius 3 is 2.09 bits per heavy atom. The Balaban J connectivity index is 2.71. The lowest BCUT2D eigenvalue weighted by Gasteiger charge is -2.21. The second-order valence-corrected chi connectivity index (χ2v) is 7.14. The van der Waals surface area contributed by atoms with Crippen molar-refractivity contribution < 1.29 is 39.0 Å². The van der Waals surface area contributed by atoms with Crippen LogP contribution in [0.2, 0.25) is 0 Å². The quantitative estimate of drug-likeness (QED) is 0.153. The van der Waals surface area contributed by atoms with Crippen LogP contribution in [0.15, 0.2) is 30.3 Å². The Labute approximate surface area is 188 Å². The molecule has 0 aliphatic heterocycles. The molecule has 0 fully saturated rings. The number of carboxylic acid groups (broad SMARTS) is 2. The number of benzene rings is 1. The summed E-state index contributed by atoms with van der Waals surface area (Å²) in [6, 6.07) is 4.52. The van der Waals surface area contributed by atoms with Crippen LogP contribution < -0.4 is 27.4 Å². The van der Waals surface area contributed by atoms with E-state index in [-0.39, 0.29) is 19.3 Å². The zero-order valence-electron chi connectivity index (χ0n) is 17.7. The Kier molecular flexibility index (Phi) is 11.0. The van der Waals surface area contributed by atoms with Crippen molar-refractivity contribution in [3.8, 4) is 0 Å². The lowest BCUT2D eigenvalue weighted by atomic mass is 10.1. The van der Waals surface area contributed by atoms with Crippen molar-refractivity contribution in [3.05, 3.63) is 35.9 Å². The number of nitrogens with two attached hydrogens (primary N) is 2. The Bertz CT molecular complexity index is 876. The summed E-state index contributed by atoms with van der Waals surface area (Å²) in [6.45, 7) is -0.617. The second-order valence-electron chi connectivity index (χ2n) is 7.14. The highest BCUT2D eigenvalue weighted by molar-refractivity contribution is 5.95. The van der Waals surface area contributed by atoms with Gasteiger partial charge in [0.15, 0.2) is 0 Å². The molecule has 0 bridgehead atoms. The van der Waals surface area contributed by atoms with Gasteiger partial charge in [0.1, 0.15) is 12.1 Å². The first-order chi connectivity index (χ1) is 15.5. The van der Waals surface area contributed by atoms with Gasteiger partial charge in [0.2, 0.25) is 23.6 Å². The standard InChI is InChI=1S/C20H27N5O8/c21-12(6-7-17(28)29)18(30)23-10-16(27)24-13(9-15(22)26)19(31)25-14(20(32)33)8-11-4-2-1-3-5-11/h1-5,12-14H,6-10,21H2,(H2,22,26)(H,23,30)(H,24,27)(H,25,31)(H,28,29)(H,32,33). The Morgan fingerprint density at radius 1 is 0.909 bits per heavy atom. The average molecular weight is 465 g/mol. The number of primary amides is 1. The minimum atomic E-state index is -1.48. The smallest absolute Gasteiger partial charge is 0.326 e. The highest BCUT2D eigenvalue weighted by atomic mass is 16.4. The molecule has 0 saturated heterocycles. The van der Waals surface area contributed by atoms with Crippen LogP contribution in [0.4, 0.5) is 0 Å². The van der Waals surface area contributed by atoms with Crippen LogP contribution in [0.3, 0.4) is 0 Å². The normalized spacial score (nSPS) is 13.1. The van der Waals surface area contributed by atoms with Gasteiger partial charge in [-0.15, -0.1) is 0 Å². The molecule has 4 amide bonds. The van der Waals surface area contributed by atoms with Gasteiger partial charge in [-0.1, -0.05) is 30.3 Å². The number of hydrogen-bond acceptors (Lipinski definition) is 7. The van der Waals surface area contributed by atoms with Crippen LogP contribution >= 0.6 is 0 Å². The van der Waals surface area contributed by atoms with Crippen LogP contribution in [0, 0.1) is 0 Å². The van der Waals surface area contributed by atoms with E-state index >= 15 is 0 Å². The molecule has 33 heavy (non-hydrogen) atoms. The third-order valence-corrected chi connectivity index (χ3v) is 4.38. The zero-order chi connectivity index (χ0) is 25.0. The van der Waals surface area contributed by atoms with Gasteiger partial charge in [0, 0.05) is 12.8 Å². The summed E-state index contributed by atoms with van der Waals surface area (Å²) in [5.41, 5.74) is 11.3. The summed E-state index contributed by atoms with van der Waals surface area (Å²) < 4.78 is 0. The number of nitrogens with one attached hydrogen (secondary N) is 3. The molecule has 0 aromatic heterocycles. The maximum atomic E-state index is 12.6. The number of carbonyl (C=O) groups is 6. The molecule has 0 radical (unpaired) electrons. The lowest BCUT2D eigenvalue weighted by Crippen LogP contribution is -2.55. The summed E-state index contributed by atoms with van der Waals surface area (Å²) in [6.07, 6.45) is -1.13. The number of carboxylic acids is 2. The van der Waals surface area contributed by atoms with E-state index in [4.69, 9.17) is 16.6 Å². The number of carbonyl (C=O) groups excluding carboxylic acids is 4. The lowest BCUT2D eigenvalue weighted by molar-refractivity contribution is -0.142. The molecule has 9 N–H and O–H groups in total. The van der Waals surface area contributed by atoms with Gasteiger partial charge in [0.25, 0.3) is 0 Å². The summed E-state index contributed by atoms with van der Waals surface area (Å²) in [7, 11) is 0. The van der Waals surface area contributed by atoms with Crippen LogP contribution in [0.25, 0.3) is 0 Å². The molecular formula is C20H27N5O8. The third kappa shape index (κ3) is 10.7. The molecule has 180 valence electrons. The number of hydrogen-bond donors (Lipinski definition) is 7. The van der Waals surface area contributed by atoms with E-state index in [9.17, 15) is 33.9 Å². The second kappa shape index (κ2) is 13.4. The predicted octanol–water partition coefficient (Wildman–Crippen LogP) is -2.53. The number of rotatable bonds is 14. The molecule has 13 heteroatoms. The van der Waals surface area contributed by atoms with Crippen molar-refractivity contribution in [1.82, 2.24) is 16.0 Å². The molecule has 1 aromatic rings. The maximum Gasteiger partial charge on any atom is 0.326 e. The van der Waals surface area contributed by atoms with Crippen molar-refractivity contribution in [2.75, 3.05) is 6.54 Å². The fraction of sp³-hybridized carbons (Fsp3) is 0.400. The predicted molar refractivity (Wildman–Crippen MR) is 113 cm³/mol. The molecular weight excluding hydrogens is 438 g/mol. The molecule has 1 rings (SSSR count). The van der Waals surface area contributed by atoms with Gasteiger partial charge in [0.05, 0.1) is 19.0 Å². The first-order valence-electron chi connectivity index (χ1n) is 9.89. The van der Waals surface area contributed by atoms with E-state index in [1.165, 1.54) is 0 Å². The summed E-state index contributed by atoms with van der Waals surface area (Å²) in [5, 5.41) is 24.7. The van der Waals surface area contributed by atoms with Gasteiger partial charge < -0.3 is 37.6 Å². The van der Waals surface area contributed by atoms with Crippen LogP contribution in [-0.2, 0) is 35.2 Å². The Hall–Kier alpha value is -4.00. The molecule has 0 saturated carbocycles. The molecule has 0 aliphatic rings. The van der Waals surface area contributed by atoms with E-state index < -0.39 is 66.7 Å². The third-order valence-electron chi connectivity index (χ3n) is 4.38. The molecule has 0 aliphatic carbocycles. The molecule has 0 spiro atoms. The van der Waals surface area contributed by atoms with Crippen molar-refractivity contribution in [2.45, 2.75) is 43.8 Å². The molecule has 0 heterocycles. The van der Waals surface area contributed by atoms with Crippen LogP contribution in [0.5, 0.6) is 0 Å². The van der Waals surface area contributed by atoms with Crippen molar-refractivity contribution in [1.29, 1.82) is 0 Å². The number of amides is 4. The maximum absolute atomic E-state index is 12.6. The highest BCUT2D eigenvalue weighted by Gasteiger charge is 2.28. The molecule has 3 unspecified atom stereocenters. The van der Waals surface area contributed by atoms with Gasteiger partial charge in [-0.05, 0) is 12.0 Å². The topological polar surface area (TPSA) is 231 Å². The molecule has 1 aromatic carbocycles. The van der Waals surface area contributed by atoms with Crippen molar-refractivity contribution in [3.63, 3.8) is 0 Å². The fourth-order valence-corrected chi connectivity index (χ4v) is 2.69. The van der Waals surface area contributed by atoms with E-state index in [2.05, 4.69) is 16.0 Å². The first kappa shape index (κ1) is 27.0. The summed E-state index contributed by atoms with van der Waals surface area (Å²) >= 11 is 0. The zero-order valence-corrected chi connectivity index (χ0v) is 17.7. The van der Waals surface area contributed by atoms with Gasteiger partial charge in [-0.25, -0.2) is 4.79 Å². The van der Waals surface area contributed by atoms with Crippen LogP contribution in [0.1, 0.15) is 24.8 Å². The van der Waals surface area contributed by atoms with Gasteiger partial charge in [-0.3, -0.25) is 24.0 Å². The summed E-state index contributed by atoms with van der Waals surface area (Å²) in [5.74, 6) is -5.98. The van der Waals surface area contributed by atoms with Crippen LogP contribution in [-0.4, -0.2) is 70.5 Å². The SMILES string of the molecule is NC(=O)CC(NC(=O)CNC(=O)C(N)CCC(=O)O)C(=O)NC(Cc1ccccc1)C(=O)O. The van der Waals surface area contributed by atoms with E-state index in [0.29, 0.717) is 5.56 Å². The fourth-order valence-electron chi connectivity index (χ4n) is 2.69. The summed E-state index contributed by atoms with van der Waals surface area (Å²) in [4.78, 5) is 69.9. The Morgan fingerprint density at radius 2 is 1.55 bits per heavy atom. The first-order valence-corrected chi connectivity index (χ1v) is 9.89. The highest BCUT2D eigenvalue weighted by Crippen LogP contribution is 2.05. The monoisotopic (exact) mass is 465 g/mol. The molecule has 3 atom stereocenters.